The lowest BCUT2D eigenvalue weighted by atomic mass is 10.3. The Morgan fingerprint density at radius 3 is 2.56 bits per heavy atom. The van der Waals surface area contributed by atoms with Crippen molar-refractivity contribution in [3.8, 4) is 11.5 Å². The van der Waals surface area contributed by atoms with Gasteiger partial charge in [-0.3, -0.25) is 0 Å². The molecule has 0 aliphatic heterocycles. The van der Waals surface area contributed by atoms with Gasteiger partial charge in [0.1, 0.15) is 18.5 Å². The molecular weight excluding hydrogens is 316 g/mol. The quantitative estimate of drug-likeness (QED) is 0.682. The Morgan fingerprint density at radius 1 is 1.08 bits per heavy atom. The van der Waals surface area contributed by atoms with Crippen LogP contribution in [-0.4, -0.2) is 34.5 Å². The van der Waals surface area contributed by atoms with Crippen LogP contribution in [0.1, 0.15) is 19.2 Å². The van der Waals surface area contributed by atoms with Gasteiger partial charge < -0.3 is 19.1 Å². The molecule has 1 unspecified atom stereocenters. The Kier molecular flexibility index (Phi) is 5.56. The normalized spacial score (nSPS) is 12.3. The number of hydrogen-bond acceptors (Lipinski definition) is 4. The van der Waals surface area contributed by atoms with Crippen LogP contribution in [0.3, 0.4) is 0 Å². The van der Waals surface area contributed by atoms with Crippen molar-refractivity contribution < 1.29 is 14.6 Å². The van der Waals surface area contributed by atoms with Crippen molar-refractivity contribution in [3.63, 3.8) is 0 Å². The lowest BCUT2D eigenvalue weighted by molar-refractivity contribution is 0.0912. The largest absolute Gasteiger partial charge is 0.493 e. The lowest BCUT2D eigenvalue weighted by Gasteiger charge is -2.16. The summed E-state index contributed by atoms with van der Waals surface area (Å²) in [6.07, 6.45) is 1.25. The molecule has 132 valence electrons. The zero-order chi connectivity index (χ0) is 17.6. The highest BCUT2D eigenvalue weighted by molar-refractivity contribution is 5.75. The molecule has 5 heteroatoms. The van der Waals surface area contributed by atoms with Crippen LogP contribution in [0.15, 0.2) is 48.5 Å². The van der Waals surface area contributed by atoms with Crippen molar-refractivity contribution in [3.05, 3.63) is 54.4 Å². The molecule has 0 radical (unpaired) electrons. The second kappa shape index (κ2) is 8.03. The van der Waals surface area contributed by atoms with Gasteiger partial charge in [-0.05, 0) is 30.7 Å². The van der Waals surface area contributed by atoms with Crippen molar-refractivity contribution in [1.82, 2.24) is 9.55 Å². The van der Waals surface area contributed by atoms with Gasteiger partial charge in [-0.15, -0.1) is 0 Å². The number of aromatic nitrogens is 2. The Labute approximate surface area is 147 Å². The molecule has 0 fully saturated rings. The third-order valence-electron chi connectivity index (χ3n) is 4.10. The highest BCUT2D eigenvalue weighted by Crippen LogP contribution is 2.26. The summed E-state index contributed by atoms with van der Waals surface area (Å²) in [5, 5.41) is 10.5. The third-order valence-corrected chi connectivity index (χ3v) is 4.10. The minimum Gasteiger partial charge on any atom is -0.493 e. The van der Waals surface area contributed by atoms with Crippen LogP contribution >= 0.6 is 0 Å². The van der Waals surface area contributed by atoms with E-state index in [0.717, 1.165) is 29.7 Å². The molecule has 0 bridgehead atoms. The Hall–Kier alpha value is -2.53. The second-order valence-corrected chi connectivity index (χ2v) is 5.99. The van der Waals surface area contributed by atoms with E-state index in [1.807, 2.05) is 48.5 Å². The summed E-state index contributed by atoms with van der Waals surface area (Å²) >= 11 is 0. The number of aliphatic hydroxyl groups excluding tert-OH is 1. The molecule has 0 saturated carbocycles. The highest BCUT2D eigenvalue weighted by atomic mass is 16.5. The van der Waals surface area contributed by atoms with Crippen molar-refractivity contribution >= 4 is 11.0 Å². The van der Waals surface area contributed by atoms with Crippen LogP contribution < -0.4 is 9.47 Å². The Morgan fingerprint density at radius 2 is 1.80 bits per heavy atom. The number of benzene rings is 2. The maximum Gasteiger partial charge on any atom is 0.161 e. The number of ether oxygens (including phenoxy) is 2. The molecule has 0 saturated heterocycles. The van der Waals surface area contributed by atoms with Crippen LogP contribution in [0.2, 0.25) is 0 Å². The summed E-state index contributed by atoms with van der Waals surface area (Å²) in [7, 11) is 1.60. The SMILES string of the molecule is CCCc1nc2ccccc2n1CC(O)COc1ccccc1OC. The first-order valence-corrected chi connectivity index (χ1v) is 8.61. The molecule has 0 amide bonds. The zero-order valence-electron chi connectivity index (χ0n) is 14.7. The summed E-state index contributed by atoms with van der Waals surface area (Å²) in [5.41, 5.74) is 2.01. The van der Waals surface area contributed by atoms with Gasteiger partial charge in [0.2, 0.25) is 0 Å². The maximum absolute atomic E-state index is 10.5. The van der Waals surface area contributed by atoms with Crippen molar-refractivity contribution in [1.29, 1.82) is 0 Å². The Balaban J connectivity index is 1.73. The molecule has 0 spiro atoms. The first-order chi connectivity index (χ1) is 12.2. The molecule has 25 heavy (non-hydrogen) atoms. The molecule has 3 aromatic rings. The van der Waals surface area contributed by atoms with E-state index in [1.165, 1.54) is 0 Å². The molecule has 1 aromatic heterocycles. The van der Waals surface area contributed by atoms with Gasteiger partial charge in [0, 0.05) is 6.42 Å². The van der Waals surface area contributed by atoms with Crippen LogP contribution in [0.25, 0.3) is 11.0 Å². The van der Waals surface area contributed by atoms with Gasteiger partial charge >= 0.3 is 0 Å². The number of imidazole rings is 1. The first-order valence-electron chi connectivity index (χ1n) is 8.61. The van der Waals surface area contributed by atoms with E-state index in [2.05, 4.69) is 11.5 Å². The number of fused-ring (bicyclic) bond motifs is 1. The predicted molar refractivity (Wildman–Crippen MR) is 98.2 cm³/mol. The van der Waals surface area contributed by atoms with Gasteiger partial charge in [-0.25, -0.2) is 4.98 Å². The van der Waals surface area contributed by atoms with Crippen LogP contribution in [0.5, 0.6) is 11.5 Å². The average molecular weight is 340 g/mol. The fourth-order valence-electron chi connectivity index (χ4n) is 2.93. The van der Waals surface area contributed by atoms with Gasteiger partial charge in [-0.1, -0.05) is 31.2 Å². The van der Waals surface area contributed by atoms with E-state index < -0.39 is 6.10 Å². The zero-order valence-corrected chi connectivity index (χ0v) is 14.7. The highest BCUT2D eigenvalue weighted by Gasteiger charge is 2.15. The number of methoxy groups -OCH3 is 1. The molecule has 3 rings (SSSR count). The van der Waals surface area contributed by atoms with E-state index in [4.69, 9.17) is 14.5 Å². The van der Waals surface area contributed by atoms with Crippen LogP contribution in [0, 0.1) is 0 Å². The summed E-state index contributed by atoms with van der Waals surface area (Å²) in [6, 6.07) is 15.5. The first kappa shape index (κ1) is 17.3. The van der Waals surface area contributed by atoms with Crippen molar-refractivity contribution in [2.45, 2.75) is 32.4 Å². The summed E-state index contributed by atoms with van der Waals surface area (Å²) in [4.78, 5) is 4.69. The fraction of sp³-hybridized carbons (Fsp3) is 0.350. The topological polar surface area (TPSA) is 56.5 Å². The van der Waals surface area contributed by atoms with Gasteiger partial charge in [0.05, 0.1) is 24.7 Å². The van der Waals surface area contributed by atoms with Crippen molar-refractivity contribution in [2.75, 3.05) is 13.7 Å². The standard InChI is InChI=1S/C20H24N2O3/c1-3-8-20-21-16-9-4-5-10-17(16)22(20)13-15(23)14-25-19-12-7-6-11-18(19)24-2/h4-7,9-12,15,23H,3,8,13-14H2,1-2H3. The minimum absolute atomic E-state index is 0.193. The Bertz CT molecular complexity index is 829. The predicted octanol–water partition coefficient (Wildman–Crippen LogP) is 3.44. The molecule has 2 aromatic carbocycles. The summed E-state index contributed by atoms with van der Waals surface area (Å²) in [5.74, 6) is 2.29. The molecular formula is C20H24N2O3. The monoisotopic (exact) mass is 340 g/mol. The fourth-order valence-corrected chi connectivity index (χ4v) is 2.93. The number of nitrogens with zero attached hydrogens (tertiary/aromatic N) is 2. The third kappa shape index (κ3) is 3.94. The molecule has 5 nitrogen and oxygen atoms in total. The van der Waals surface area contributed by atoms with E-state index in [0.29, 0.717) is 18.0 Å². The molecule has 1 heterocycles. The van der Waals surface area contributed by atoms with Gasteiger partial charge in [0.25, 0.3) is 0 Å². The number of rotatable bonds is 8. The maximum atomic E-state index is 10.5. The molecule has 1 N–H and O–H groups in total. The second-order valence-electron chi connectivity index (χ2n) is 5.99. The number of hydrogen-bond donors (Lipinski definition) is 1. The van der Waals surface area contributed by atoms with Gasteiger partial charge in [-0.2, -0.15) is 0 Å². The molecule has 0 aliphatic rings. The van der Waals surface area contributed by atoms with Crippen LogP contribution in [-0.2, 0) is 13.0 Å². The average Bonchev–Trinajstić information content (AvgIpc) is 2.98. The summed E-state index contributed by atoms with van der Waals surface area (Å²) < 4.78 is 13.1. The molecule has 0 aliphatic carbocycles. The van der Waals surface area contributed by atoms with Crippen LogP contribution in [0.4, 0.5) is 0 Å². The van der Waals surface area contributed by atoms with E-state index in [1.54, 1.807) is 7.11 Å². The van der Waals surface area contributed by atoms with Gasteiger partial charge in [0.15, 0.2) is 11.5 Å². The minimum atomic E-state index is -0.641. The summed E-state index contributed by atoms with van der Waals surface area (Å²) in [6.45, 7) is 2.77. The van der Waals surface area contributed by atoms with E-state index in [9.17, 15) is 5.11 Å². The number of aryl methyl sites for hydroxylation is 1. The van der Waals surface area contributed by atoms with E-state index >= 15 is 0 Å². The smallest absolute Gasteiger partial charge is 0.161 e. The number of para-hydroxylation sites is 4. The molecule has 1 atom stereocenters. The van der Waals surface area contributed by atoms with E-state index in [-0.39, 0.29) is 6.61 Å². The number of aliphatic hydroxyl groups is 1. The lowest BCUT2D eigenvalue weighted by Crippen LogP contribution is -2.24. The van der Waals surface area contributed by atoms with Crippen molar-refractivity contribution in [2.24, 2.45) is 0 Å².